The predicted octanol–water partition coefficient (Wildman–Crippen LogP) is 2.37. The van der Waals surface area contributed by atoms with Gasteiger partial charge in [0.2, 0.25) is 15.7 Å². The van der Waals surface area contributed by atoms with Crippen LogP contribution in [0.3, 0.4) is 0 Å². The summed E-state index contributed by atoms with van der Waals surface area (Å²) in [6.45, 7) is 7.93. The second-order valence-corrected chi connectivity index (χ2v) is 9.05. The number of nitrogens with zero attached hydrogens (tertiary/aromatic N) is 2. The number of β-amino-alcohol motifs (C(OH)–C–C–N with tert-alkyl or cyclic N) is 1. The molecule has 148 valence electrons. The van der Waals surface area contributed by atoms with Crippen molar-refractivity contribution >= 4 is 27.3 Å². The molecule has 0 unspecified atom stereocenters. The predicted molar refractivity (Wildman–Crippen MR) is 104 cm³/mol. The normalized spacial score (nSPS) is 22.8. The summed E-state index contributed by atoms with van der Waals surface area (Å²) in [7, 11) is -4.10. The fraction of sp³-hybridized carbons (Fsp3) is 0.316. The van der Waals surface area contributed by atoms with E-state index in [0.29, 0.717) is 5.75 Å². The molecule has 0 radical (unpaired) electrons. The molecule has 2 atom stereocenters. The molecule has 2 aromatic rings. The van der Waals surface area contributed by atoms with Crippen LogP contribution in [0.1, 0.15) is 5.56 Å². The summed E-state index contributed by atoms with van der Waals surface area (Å²) in [5, 5.41) is 20.7. The Labute approximate surface area is 168 Å². The van der Waals surface area contributed by atoms with E-state index in [1.54, 1.807) is 12.1 Å². The van der Waals surface area contributed by atoms with Crippen LogP contribution in [0.15, 0.2) is 47.4 Å². The van der Waals surface area contributed by atoms with Gasteiger partial charge >= 0.3 is 0 Å². The number of hydrogen-bond donors (Lipinski definition) is 2. The van der Waals surface area contributed by atoms with Gasteiger partial charge in [-0.3, -0.25) is 0 Å². The lowest BCUT2D eigenvalue weighted by Crippen LogP contribution is -2.48. The number of ether oxygens (including phenoxy) is 1. The van der Waals surface area contributed by atoms with Gasteiger partial charge in [0.25, 0.3) is 0 Å². The minimum atomic E-state index is -4.10. The van der Waals surface area contributed by atoms with E-state index in [4.69, 9.17) is 22.9 Å². The van der Waals surface area contributed by atoms with Crippen molar-refractivity contribution < 1.29 is 23.4 Å². The number of aliphatic hydroxyl groups excluding tert-OH is 1. The van der Waals surface area contributed by atoms with E-state index in [9.17, 15) is 18.6 Å². The van der Waals surface area contributed by atoms with Gasteiger partial charge in [0.1, 0.15) is 17.5 Å². The van der Waals surface area contributed by atoms with Gasteiger partial charge in [0.05, 0.1) is 24.6 Å². The Kier molecular flexibility index (Phi) is 5.66. The van der Waals surface area contributed by atoms with Crippen LogP contribution < -0.4 is 4.74 Å². The van der Waals surface area contributed by atoms with Crippen LogP contribution in [0.25, 0.3) is 4.85 Å². The van der Waals surface area contributed by atoms with Crippen LogP contribution >= 0.6 is 11.6 Å². The van der Waals surface area contributed by atoms with Gasteiger partial charge in [0.15, 0.2) is 0 Å². The molecule has 0 spiro atoms. The SMILES string of the molecule is [C-]#[N+]c1cc(Cl)ccc1S(=O)(=O)N1C[C@H](Oc2ccc(C)cc2)[C@@](O)(CO)C1. The van der Waals surface area contributed by atoms with Crippen LogP contribution in [0.5, 0.6) is 5.75 Å². The highest BCUT2D eigenvalue weighted by Gasteiger charge is 2.51. The Morgan fingerprint density at radius 2 is 2.00 bits per heavy atom. The topological polar surface area (TPSA) is 91.4 Å². The third-order valence-corrected chi connectivity index (χ3v) is 6.75. The Morgan fingerprint density at radius 3 is 2.61 bits per heavy atom. The number of rotatable bonds is 5. The number of sulfonamides is 1. The molecule has 0 aromatic heterocycles. The second kappa shape index (κ2) is 7.70. The van der Waals surface area contributed by atoms with Crippen molar-refractivity contribution in [1.29, 1.82) is 0 Å². The number of halogens is 1. The Bertz CT molecular complexity index is 1020. The first kappa shape index (κ1) is 20.6. The molecule has 1 heterocycles. The molecule has 2 N–H and O–H groups in total. The largest absolute Gasteiger partial charge is 0.486 e. The molecule has 2 aromatic carbocycles. The fourth-order valence-electron chi connectivity index (χ4n) is 3.02. The first-order chi connectivity index (χ1) is 13.2. The Balaban J connectivity index is 1.91. The molecule has 7 nitrogen and oxygen atoms in total. The smallest absolute Gasteiger partial charge is 0.233 e. The third kappa shape index (κ3) is 3.85. The maximum Gasteiger partial charge on any atom is 0.233 e. The van der Waals surface area contributed by atoms with Gasteiger partial charge in [0, 0.05) is 11.6 Å². The number of hydrogen-bond acceptors (Lipinski definition) is 5. The van der Waals surface area contributed by atoms with Crippen LogP contribution in [0.4, 0.5) is 5.69 Å². The molecule has 1 aliphatic rings. The van der Waals surface area contributed by atoms with Gasteiger partial charge < -0.3 is 14.9 Å². The summed E-state index contributed by atoms with van der Waals surface area (Å²) in [6, 6.07) is 11.0. The van der Waals surface area contributed by atoms with E-state index >= 15 is 0 Å². The van der Waals surface area contributed by atoms with Gasteiger partial charge in [-0.25, -0.2) is 13.3 Å². The summed E-state index contributed by atoms with van der Waals surface area (Å²) in [4.78, 5) is 3.03. The quantitative estimate of drug-likeness (QED) is 0.722. The summed E-state index contributed by atoms with van der Waals surface area (Å²) in [5.41, 5.74) is -0.861. The lowest BCUT2D eigenvalue weighted by molar-refractivity contribution is -0.0640. The maximum atomic E-state index is 13.1. The van der Waals surface area contributed by atoms with E-state index in [-0.39, 0.29) is 28.7 Å². The van der Waals surface area contributed by atoms with Crippen LogP contribution in [-0.2, 0) is 10.0 Å². The van der Waals surface area contributed by atoms with Gasteiger partial charge in [-0.2, -0.15) is 4.31 Å². The van der Waals surface area contributed by atoms with Crippen molar-refractivity contribution in [3.8, 4) is 5.75 Å². The van der Waals surface area contributed by atoms with E-state index < -0.39 is 28.3 Å². The molecule has 1 saturated heterocycles. The molecular formula is C19H19ClN2O5S. The number of benzene rings is 2. The molecular weight excluding hydrogens is 404 g/mol. The van der Waals surface area contributed by atoms with Crippen molar-refractivity contribution in [3.63, 3.8) is 0 Å². The van der Waals surface area contributed by atoms with Gasteiger partial charge in [-0.15, -0.1) is 0 Å². The third-order valence-electron chi connectivity index (χ3n) is 4.65. The molecule has 1 fully saturated rings. The van der Waals surface area contributed by atoms with Crippen molar-refractivity contribution in [1.82, 2.24) is 4.31 Å². The maximum absolute atomic E-state index is 13.1. The first-order valence-electron chi connectivity index (χ1n) is 8.43. The fourth-order valence-corrected chi connectivity index (χ4v) is 4.80. The van der Waals surface area contributed by atoms with E-state index in [1.165, 1.54) is 18.2 Å². The van der Waals surface area contributed by atoms with E-state index in [2.05, 4.69) is 4.85 Å². The summed E-state index contributed by atoms with van der Waals surface area (Å²) >= 11 is 5.85. The second-order valence-electron chi connectivity index (χ2n) is 6.70. The van der Waals surface area contributed by atoms with E-state index in [1.807, 2.05) is 19.1 Å². The number of aliphatic hydroxyl groups is 2. The summed E-state index contributed by atoms with van der Waals surface area (Å²) in [5.74, 6) is 0.454. The molecule has 9 heteroatoms. The van der Waals surface area contributed by atoms with Crippen LogP contribution in [0.2, 0.25) is 5.02 Å². The summed E-state index contributed by atoms with van der Waals surface area (Å²) < 4.78 is 32.9. The zero-order valence-electron chi connectivity index (χ0n) is 15.0. The molecule has 0 amide bonds. The minimum absolute atomic E-state index is 0.108. The van der Waals surface area contributed by atoms with Crippen molar-refractivity contribution in [2.24, 2.45) is 0 Å². The Morgan fingerprint density at radius 1 is 1.32 bits per heavy atom. The molecule has 0 aliphatic carbocycles. The van der Waals surface area contributed by atoms with Crippen molar-refractivity contribution in [2.45, 2.75) is 23.5 Å². The first-order valence-corrected chi connectivity index (χ1v) is 10.2. The van der Waals surface area contributed by atoms with Crippen molar-refractivity contribution in [3.05, 3.63) is 64.5 Å². The monoisotopic (exact) mass is 422 g/mol. The zero-order valence-corrected chi connectivity index (χ0v) is 16.6. The number of aryl methyl sites for hydroxylation is 1. The minimum Gasteiger partial charge on any atom is -0.486 e. The standard InChI is InChI=1S/C19H19ClN2O5S/c1-13-3-6-15(7-4-13)27-18-10-22(11-19(18,24)12-23)28(25,26)17-8-5-14(20)9-16(17)21-2/h3-9,18,23-24H,10-12H2,1H3/t18-,19-/m0/s1. The lowest BCUT2D eigenvalue weighted by atomic mass is 10.0. The molecule has 3 rings (SSSR count). The molecule has 28 heavy (non-hydrogen) atoms. The molecule has 1 aliphatic heterocycles. The highest BCUT2D eigenvalue weighted by Crippen LogP contribution is 2.35. The molecule has 0 saturated carbocycles. The van der Waals surface area contributed by atoms with Crippen LogP contribution in [-0.4, -0.2) is 54.3 Å². The lowest BCUT2D eigenvalue weighted by Gasteiger charge is -2.27. The van der Waals surface area contributed by atoms with Gasteiger partial charge in [-0.05, 0) is 31.2 Å². The molecule has 0 bridgehead atoms. The van der Waals surface area contributed by atoms with E-state index in [0.717, 1.165) is 9.87 Å². The highest BCUT2D eigenvalue weighted by atomic mass is 35.5. The van der Waals surface area contributed by atoms with Crippen molar-refractivity contribution in [2.75, 3.05) is 19.7 Å². The average Bonchev–Trinajstić information content (AvgIpc) is 3.01. The van der Waals surface area contributed by atoms with Crippen LogP contribution in [0, 0.1) is 13.5 Å². The summed E-state index contributed by atoms with van der Waals surface area (Å²) in [6.07, 6.45) is -0.973. The highest BCUT2D eigenvalue weighted by molar-refractivity contribution is 7.89. The average molecular weight is 423 g/mol. The zero-order chi connectivity index (χ0) is 20.5. The van der Waals surface area contributed by atoms with Gasteiger partial charge in [-0.1, -0.05) is 35.4 Å². The Hall–Kier alpha value is -2.15.